The summed E-state index contributed by atoms with van der Waals surface area (Å²) in [6.07, 6.45) is 0.269. The smallest absolute Gasteiger partial charge is 0.120 e. The van der Waals surface area contributed by atoms with E-state index in [9.17, 15) is 0 Å². The molecule has 0 bridgehead atoms. The number of benzene rings is 6. The van der Waals surface area contributed by atoms with Gasteiger partial charge in [-0.25, -0.2) is 0 Å². The Kier molecular flexibility index (Phi) is 10.2. The molecule has 2 aromatic heterocycles. The maximum absolute atomic E-state index is 8.79. The van der Waals surface area contributed by atoms with Crippen LogP contribution >= 0.6 is 0 Å². The van der Waals surface area contributed by atoms with Gasteiger partial charge in [0.1, 0.15) is 5.58 Å². The molecule has 0 saturated carbocycles. The van der Waals surface area contributed by atoms with Gasteiger partial charge in [-0.2, -0.15) is 0 Å². The number of fused-ring (bicyclic) bond motifs is 4. The maximum atomic E-state index is 8.79. The van der Waals surface area contributed by atoms with Gasteiger partial charge < -0.3 is 9.40 Å². The average Bonchev–Trinajstić information content (AvgIpc) is 3.82. The van der Waals surface area contributed by atoms with Gasteiger partial charge in [-0.3, -0.25) is 4.99 Å². The summed E-state index contributed by atoms with van der Waals surface area (Å²) in [5, 5.41) is 3.23. The number of hydrogen-bond donors (Lipinski definition) is 0. The van der Waals surface area contributed by atoms with Crippen molar-refractivity contribution in [2.45, 2.75) is 73.4 Å². The van der Waals surface area contributed by atoms with Crippen LogP contribution in [0.15, 0.2) is 143 Å². The largest absolute Gasteiger partial charge is 0.501 e. The number of aryl methyl sites for hydroxylation is 3. The third-order valence-electron chi connectivity index (χ3n) is 10.7. The molecule has 0 aliphatic carbocycles. The minimum absolute atomic E-state index is 0. The number of hydrogen-bond acceptors (Lipinski definition) is 3. The Labute approximate surface area is 372 Å². The summed E-state index contributed by atoms with van der Waals surface area (Å²) >= 11 is 0. The van der Waals surface area contributed by atoms with Crippen molar-refractivity contribution in [2.24, 2.45) is 10.4 Å². The number of furan rings is 1. The summed E-state index contributed by atoms with van der Waals surface area (Å²) in [5.41, 5.74) is 13.8. The fourth-order valence-electron chi connectivity index (χ4n) is 8.07. The zero-order chi connectivity index (χ0) is 45.1. The van der Waals surface area contributed by atoms with Crippen LogP contribution in [0.5, 0.6) is 0 Å². The van der Waals surface area contributed by atoms with Crippen molar-refractivity contribution < 1.29 is 31.4 Å². The second-order valence-corrected chi connectivity index (χ2v) is 22.3. The zero-order valence-corrected chi connectivity index (χ0v) is 38.3. The molecule has 1 aliphatic rings. The molecule has 0 amide bonds. The summed E-state index contributed by atoms with van der Waals surface area (Å²) in [6, 6.07) is 49.0. The van der Waals surface area contributed by atoms with Crippen LogP contribution in [0.25, 0.3) is 44.3 Å². The van der Waals surface area contributed by atoms with E-state index >= 15 is 0 Å². The minimum atomic E-state index is -2.17. The maximum Gasteiger partial charge on any atom is 0.120 e. The molecule has 1 unspecified atom stereocenters. The van der Waals surface area contributed by atoms with E-state index in [0.29, 0.717) is 16.8 Å². The molecule has 6 aromatic carbocycles. The van der Waals surface area contributed by atoms with E-state index in [1.807, 2.05) is 45.0 Å². The third kappa shape index (κ3) is 8.75. The van der Waals surface area contributed by atoms with Crippen LogP contribution < -0.4 is 5.19 Å². The van der Waals surface area contributed by atoms with E-state index in [2.05, 4.69) is 136 Å². The summed E-state index contributed by atoms with van der Waals surface area (Å²) in [6.45, 7) is 14.5. The number of nitrogens with zero attached hydrogens (tertiary/aromatic N) is 2. The van der Waals surface area contributed by atoms with E-state index in [0.717, 1.165) is 44.1 Å². The Morgan fingerprint density at radius 1 is 0.797 bits per heavy atom. The van der Waals surface area contributed by atoms with Crippen LogP contribution in [0.4, 0.5) is 5.69 Å². The fourth-order valence-corrected chi connectivity index (χ4v) is 9.46. The van der Waals surface area contributed by atoms with Crippen LogP contribution in [0.1, 0.15) is 72.5 Å². The van der Waals surface area contributed by atoms with Crippen molar-refractivity contribution in [2.75, 3.05) is 0 Å². The van der Waals surface area contributed by atoms with Crippen LogP contribution in [0.3, 0.4) is 0 Å². The number of aliphatic imine (C=N–C) groups is 1. The fraction of sp³-hybridized carbons (Fsp3) is 0.222. The Morgan fingerprint density at radius 2 is 1.51 bits per heavy atom. The van der Waals surface area contributed by atoms with Gasteiger partial charge in [-0.05, 0) is 87.7 Å². The van der Waals surface area contributed by atoms with E-state index in [-0.39, 0.29) is 31.6 Å². The SMILES string of the molecule is Cc1cc(-c2ccccc2)cc(C)c1C1C(c2[c-]ccc3c2oc2ccccc23)=Nc2ccccc21.[2H]C([2H])([2H])c1c[c-]c(-c2cc(C([2H])([2H])C(C)(C)C)c([Si](C)(C)C)cn2)cc1.[Ir]. The summed E-state index contributed by atoms with van der Waals surface area (Å²) < 4.78 is 46.4. The molecule has 8 aromatic rings. The number of rotatable bonds is 6. The zero-order valence-electron chi connectivity index (χ0n) is 39.9. The van der Waals surface area contributed by atoms with Crippen LogP contribution in [0, 0.1) is 38.2 Å². The van der Waals surface area contributed by atoms with Gasteiger partial charge in [0.25, 0.3) is 0 Å². The molecule has 59 heavy (non-hydrogen) atoms. The van der Waals surface area contributed by atoms with Crippen molar-refractivity contribution in [3.63, 3.8) is 0 Å². The van der Waals surface area contributed by atoms with E-state index in [1.165, 1.54) is 39.4 Å². The molecule has 299 valence electrons. The van der Waals surface area contributed by atoms with E-state index < -0.39 is 26.7 Å². The van der Waals surface area contributed by atoms with E-state index in [4.69, 9.17) is 16.3 Å². The third-order valence-corrected chi connectivity index (χ3v) is 12.7. The Hall–Kier alpha value is -5.19. The van der Waals surface area contributed by atoms with Crippen molar-refractivity contribution in [1.82, 2.24) is 4.98 Å². The number of aromatic nitrogens is 1. The number of pyridine rings is 1. The normalized spacial score (nSPS) is 15.4. The van der Waals surface area contributed by atoms with Gasteiger partial charge >= 0.3 is 0 Å². The first kappa shape index (κ1) is 35.7. The first-order valence-corrected chi connectivity index (χ1v) is 23.4. The molecule has 0 fully saturated rings. The molecule has 9 rings (SSSR count). The quantitative estimate of drug-likeness (QED) is 0.123. The molecule has 1 radical (unpaired) electrons. The topological polar surface area (TPSA) is 38.4 Å². The molecule has 3 nitrogen and oxygen atoms in total. The van der Waals surface area contributed by atoms with Crippen LogP contribution in [-0.4, -0.2) is 18.8 Å². The molecule has 3 heterocycles. The molecular weight excluding hydrogens is 913 g/mol. The van der Waals surface area contributed by atoms with E-state index in [1.54, 1.807) is 18.3 Å². The van der Waals surface area contributed by atoms with Crippen molar-refractivity contribution in [3.8, 4) is 22.4 Å². The molecule has 0 N–H and O–H groups in total. The Bertz CT molecular complexity index is 2990. The standard InChI is InChI=1S/C34H24NO.C20H28NSi.Ir/c1-21-19-24(23-11-4-3-5-12-23)20-22(2)31(21)32-27-14-6-8-17-29(27)35-33(32)28-16-10-15-26-25-13-7-9-18-30(25)36-34(26)28;1-15-8-10-16(11-9-15)18-12-17(13-20(2,3)4)19(14-21-18)22(5,6)7;/h3-15,17-20,32H,1-2H3;8-10,12,14H,13H2,1-7H3;/q2*-1;/i;1D3,13D2;. The molecule has 1 atom stereocenters. The van der Waals surface area contributed by atoms with Gasteiger partial charge in [-0.15, -0.1) is 53.6 Å². The first-order chi connectivity index (χ1) is 29.7. The van der Waals surface area contributed by atoms with Crippen molar-refractivity contribution in [3.05, 3.63) is 185 Å². The van der Waals surface area contributed by atoms with Gasteiger partial charge in [-0.1, -0.05) is 149 Å². The average molecular weight is 970 g/mol. The summed E-state index contributed by atoms with van der Waals surface area (Å²) in [5.74, 6) is 0.0149. The Balaban J connectivity index is 0.000000197. The molecule has 0 spiro atoms. The van der Waals surface area contributed by atoms with Crippen molar-refractivity contribution >= 4 is 46.6 Å². The molecule has 1 aliphatic heterocycles. The second kappa shape index (κ2) is 16.8. The Morgan fingerprint density at radius 3 is 2.20 bits per heavy atom. The second-order valence-electron chi connectivity index (χ2n) is 17.3. The molecular formula is C54H52IrN2OSi-2. The van der Waals surface area contributed by atoms with Gasteiger partial charge in [0.05, 0.1) is 19.3 Å². The predicted octanol–water partition coefficient (Wildman–Crippen LogP) is 13.9. The van der Waals surface area contributed by atoms with Crippen molar-refractivity contribution in [1.29, 1.82) is 0 Å². The van der Waals surface area contributed by atoms with Gasteiger partial charge in [0.2, 0.25) is 0 Å². The summed E-state index contributed by atoms with van der Waals surface area (Å²) in [4.78, 5) is 9.75. The molecule has 0 saturated heterocycles. The first-order valence-electron chi connectivity index (χ1n) is 22.4. The predicted molar refractivity (Wildman–Crippen MR) is 248 cm³/mol. The van der Waals surface area contributed by atoms with Crippen LogP contribution in [-0.2, 0) is 26.5 Å². The van der Waals surface area contributed by atoms with Gasteiger partial charge in [0.15, 0.2) is 0 Å². The number of para-hydroxylation sites is 2. The minimum Gasteiger partial charge on any atom is -0.501 e. The van der Waals surface area contributed by atoms with Crippen LogP contribution in [0.2, 0.25) is 19.6 Å². The monoisotopic (exact) mass is 970 g/mol. The van der Waals surface area contributed by atoms with Gasteiger partial charge in [0, 0.05) is 44.5 Å². The molecule has 5 heteroatoms. The summed E-state index contributed by atoms with van der Waals surface area (Å²) in [7, 11) is -1.81.